The van der Waals surface area contributed by atoms with Crippen molar-refractivity contribution in [3.63, 3.8) is 0 Å². The third-order valence-corrected chi connectivity index (χ3v) is 5.61. The van der Waals surface area contributed by atoms with Crippen molar-refractivity contribution < 1.29 is 58.8 Å². The van der Waals surface area contributed by atoms with Crippen LogP contribution in [0.4, 0.5) is 0 Å². The second-order valence-electron chi connectivity index (χ2n) is 8.26. The topological polar surface area (TPSA) is 181 Å². The van der Waals surface area contributed by atoms with Gasteiger partial charge in [0, 0.05) is 20.3 Å². The molecule has 0 amide bonds. The number of esters is 2. The number of hydrogen-bond donors (Lipinski definition) is 5. The average molecular weight is 486 g/mol. The first-order valence-corrected chi connectivity index (χ1v) is 10.8. The van der Waals surface area contributed by atoms with Crippen LogP contribution >= 0.6 is 0 Å². The number of aliphatic hydroxyl groups excluding tert-OH is 4. The number of benzene rings is 1. The van der Waals surface area contributed by atoms with Crippen LogP contribution in [0, 0.1) is 0 Å². The largest absolute Gasteiger partial charge is 0.508 e. The minimum Gasteiger partial charge on any atom is -0.508 e. The van der Waals surface area contributed by atoms with Crippen LogP contribution in [0.3, 0.4) is 0 Å². The fraction of sp³-hybridized carbons (Fsp3) is 0.636. The third-order valence-electron chi connectivity index (χ3n) is 5.61. The van der Waals surface area contributed by atoms with Crippen molar-refractivity contribution >= 4 is 11.9 Å². The molecule has 0 spiro atoms. The van der Waals surface area contributed by atoms with Gasteiger partial charge in [-0.3, -0.25) is 9.59 Å². The summed E-state index contributed by atoms with van der Waals surface area (Å²) in [6.45, 7) is 1.50. The van der Waals surface area contributed by atoms with E-state index in [1.165, 1.54) is 25.1 Å². The number of ether oxygens (including phenoxy) is 5. The van der Waals surface area contributed by atoms with E-state index in [9.17, 15) is 35.1 Å². The Balaban J connectivity index is 1.90. The minimum absolute atomic E-state index is 0.0335. The molecule has 12 nitrogen and oxygen atoms in total. The van der Waals surface area contributed by atoms with E-state index in [2.05, 4.69) is 0 Å². The Labute approximate surface area is 195 Å². The zero-order chi connectivity index (χ0) is 25.0. The number of rotatable bonds is 7. The summed E-state index contributed by atoms with van der Waals surface area (Å²) in [6.07, 6.45) is -11.6. The molecule has 9 atom stereocenters. The Hall–Kier alpha value is -2.32. The van der Waals surface area contributed by atoms with Gasteiger partial charge in [-0.15, -0.1) is 0 Å². The minimum atomic E-state index is -1.53. The number of aliphatic hydroxyl groups is 4. The first kappa shape index (κ1) is 26.3. The molecule has 0 radical (unpaired) electrons. The van der Waals surface area contributed by atoms with Crippen LogP contribution in [-0.2, 0) is 33.3 Å². The number of phenols is 1. The summed E-state index contributed by atoms with van der Waals surface area (Å²) < 4.78 is 27.4. The molecule has 12 heteroatoms. The molecule has 3 rings (SSSR count). The van der Waals surface area contributed by atoms with Crippen LogP contribution < -0.4 is 0 Å². The van der Waals surface area contributed by atoms with Gasteiger partial charge in [0.15, 0.2) is 12.4 Å². The molecule has 2 fully saturated rings. The van der Waals surface area contributed by atoms with Gasteiger partial charge in [0.25, 0.3) is 0 Å². The number of phenolic OH excluding ortho intramolecular Hbond substituents is 1. The summed E-state index contributed by atoms with van der Waals surface area (Å²) >= 11 is 0. The van der Waals surface area contributed by atoms with Gasteiger partial charge in [-0.25, -0.2) is 0 Å². The highest BCUT2D eigenvalue weighted by Gasteiger charge is 2.50. The van der Waals surface area contributed by atoms with Gasteiger partial charge in [0.2, 0.25) is 0 Å². The maximum Gasteiger partial charge on any atom is 0.303 e. The molecular weight excluding hydrogens is 456 g/mol. The molecule has 0 aromatic heterocycles. The lowest BCUT2D eigenvalue weighted by atomic mass is 9.90. The van der Waals surface area contributed by atoms with Crippen LogP contribution in [0.5, 0.6) is 5.75 Å². The van der Waals surface area contributed by atoms with Crippen LogP contribution in [0.15, 0.2) is 24.3 Å². The SMILES string of the molecule is CC(=O)OC[C@H]1O[C@H](c2cccc(O)c2)[C@@H](O)[C@@H](O[C@H]2O[C@H](CO)C[C@H](O)[C@@H]2OC(C)=O)[C@@H]1O. The van der Waals surface area contributed by atoms with Crippen molar-refractivity contribution in [2.75, 3.05) is 13.2 Å². The number of hydrogen-bond acceptors (Lipinski definition) is 12. The molecule has 2 saturated heterocycles. The van der Waals surface area contributed by atoms with Crippen LogP contribution in [0.2, 0.25) is 0 Å². The van der Waals surface area contributed by atoms with E-state index < -0.39 is 73.7 Å². The Kier molecular flexibility index (Phi) is 8.82. The first-order chi connectivity index (χ1) is 16.1. The summed E-state index contributed by atoms with van der Waals surface area (Å²) in [4.78, 5) is 22.9. The zero-order valence-corrected chi connectivity index (χ0v) is 18.7. The van der Waals surface area contributed by atoms with Crippen LogP contribution in [-0.4, -0.2) is 99.7 Å². The van der Waals surface area contributed by atoms with Crippen molar-refractivity contribution in [2.24, 2.45) is 0 Å². The number of carbonyl (C=O) groups excluding carboxylic acids is 2. The monoisotopic (exact) mass is 486 g/mol. The third kappa shape index (κ3) is 6.21. The van der Waals surface area contributed by atoms with Crippen molar-refractivity contribution in [2.45, 2.75) is 75.4 Å². The molecule has 5 N–H and O–H groups in total. The van der Waals surface area contributed by atoms with Gasteiger partial charge in [0.1, 0.15) is 42.9 Å². The Bertz CT molecular complexity index is 847. The normalized spacial score (nSPS) is 36.0. The Morgan fingerprint density at radius 2 is 1.79 bits per heavy atom. The maximum atomic E-state index is 11.6. The van der Waals surface area contributed by atoms with E-state index in [0.29, 0.717) is 5.56 Å². The second-order valence-corrected chi connectivity index (χ2v) is 8.26. The van der Waals surface area contributed by atoms with Crippen LogP contribution in [0.25, 0.3) is 0 Å². The zero-order valence-electron chi connectivity index (χ0n) is 18.7. The molecular formula is C22H30O12. The molecule has 0 aliphatic carbocycles. The van der Waals surface area contributed by atoms with E-state index in [4.69, 9.17) is 23.7 Å². The summed E-state index contributed by atoms with van der Waals surface area (Å²) in [5.74, 6) is -1.43. The van der Waals surface area contributed by atoms with Crippen LogP contribution in [0.1, 0.15) is 31.9 Å². The predicted octanol–water partition coefficient (Wildman–Crippen LogP) is -1.10. The molecule has 0 unspecified atom stereocenters. The van der Waals surface area contributed by atoms with Gasteiger partial charge in [0.05, 0.1) is 18.8 Å². The average Bonchev–Trinajstić information content (AvgIpc) is 2.77. The van der Waals surface area contributed by atoms with Gasteiger partial charge < -0.3 is 49.2 Å². The highest BCUT2D eigenvalue weighted by atomic mass is 16.7. The predicted molar refractivity (Wildman–Crippen MR) is 111 cm³/mol. The Morgan fingerprint density at radius 3 is 2.41 bits per heavy atom. The highest BCUT2D eigenvalue weighted by molar-refractivity contribution is 5.66. The van der Waals surface area contributed by atoms with Gasteiger partial charge in [-0.1, -0.05) is 12.1 Å². The standard InChI is InChI=1S/C22H30O12/c1-10(24)30-9-16-17(28)21(18(29)19(33-16)12-4-3-5-13(26)6-12)34-22-20(31-11(2)25)15(27)7-14(8-23)32-22/h3-6,14-23,26-29H,7-9H2,1-2H3/t14-,15-,16+,17+,18+,19+,20-,21-,22+/m0/s1. The molecule has 34 heavy (non-hydrogen) atoms. The van der Waals surface area contributed by atoms with E-state index in [1.807, 2.05) is 0 Å². The smallest absolute Gasteiger partial charge is 0.303 e. The van der Waals surface area contributed by atoms with Gasteiger partial charge in [-0.05, 0) is 17.7 Å². The van der Waals surface area contributed by atoms with Gasteiger partial charge in [-0.2, -0.15) is 0 Å². The molecule has 2 aliphatic rings. The lowest BCUT2D eigenvalue weighted by Crippen LogP contribution is -2.61. The summed E-state index contributed by atoms with van der Waals surface area (Å²) in [5.41, 5.74) is 0.357. The fourth-order valence-electron chi connectivity index (χ4n) is 4.03. The van der Waals surface area contributed by atoms with E-state index >= 15 is 0 Å². The molecule has 1 aromatic carbocycles. The summed E-state index contributed by atoms with van der Waals surface area (Å²) in [7, 11) is 0. The quantitative estimate of drug-likeness (QED) is 0.294. The maximum absolute atomic E-state index is 11.6. The van der Waals surface area contributed by atoms with Crippen molar-refractivity contribution in [3.8, 4) is 5.75 Å². The van der Waals surface area contributed by atoms with Crippen molar-refractivity contribution in [1.29, 1.82) is 0 Å². The molecule has 0 saturated carbocycles. The van der Waals surface area contributed by atoms with Crippen molar-refractivity contribution in [3.05, 3.63) is 29.8 Å². The van der Waals surface area contributed by atoms with E-state index in [0.717, 1.165) is 6.92 Å². The fourth-order valence-corrected chi connectivity index (χ4v) is 4.03. The molecule has 2 heterocycles. The lowest BCUT2D eigenvalue weighted by molar-refractivity contribution is -0.328. The summed E-state index contributed by atoms with van der Waals surface area (Å²) in [5, 5.41) is 51.7. The van der Waals surface area contributed by atoms with E-state index in [1.54, 1.807) is 6.07 Å². The number of carbonyl (C=O) groups is 2. The summed E-state index contributed by atoms with van der Waals surface area (Å²) in [6, 6.07) is 5.89. The second kappa shape index (κ2) is 11.4. The first-order valence-electron chi connectivity index (χ1n) is 10.8. The molecule has 1 aromatic rings. The Morgan fingerprint density at radius 1 is 1.06 bits per heavy atom. The highest BCUT2D eigenvalue weighted by Crippen LogP contribution is 2.37. The van der Waals surface area contributed by atoms with Crippen molar-refractivity contribution in [1.82, 2.24) is 0 Å². The molecule has 0 bridgehead atoms. The van der Waals surface area contributed by atoms with E-state index in [-0.39, 0.29) is 18.8 Å². The number of aromatic hydroxyl groups is 1. The molecule has 190 valence electrons. The lowest BCUT2D eigenvalue weighted by Gasteiger charge is -2.46. The molecule has 2 aliphatic heterocycles. The van der Waals surface area contributed by atoms with Gasteiger partial charge >= 0.3 is 11.9 Å².